The molecule has 1 rings (SSSR count). The van der Waals surface area contributed by atoms with E-state index in [1.54, 1.807) is 10.7 Å². The number of carbonyl (C=O) groups is 1. The minimum atomic E-state index is -0.0935. The third-order valence-corrected chi connectivity index (χ3v) is 1.44. The first-order valence-electron chi connectivity index (χ1n) is 3.92. The smallest absolute Gasteiger partial charge is 0.222 e. The van der Waals surface area contributed by atoms with Crippen LogP contribution in [0.15, 0.2) is 12.3 Å². The van der Waals surface area contributed by atoms with Gasteiger partial charge in [-0.15, -0.1) is 0 Å². The first-order valence-corrected chi connectivity index (χ1v) is 3.92. The van der Waals surface area contributed by atoms with E-state index in [0.29, 0.717) is 11.9 Å². The minimum Gasteiger partial charge on any atom is -0.309 e. The average molecular weight is 167 g/mol. The molecule has 1 amide bonds. The summed E-state index contributed by atoms with van der Waals surface area (Å²) in [5.74, 6) is 0.514. The molecule has 0 bridgehead atoms. The number of nitrogens with one attached hydrogen (secondary N) is 1. The lowest BCUT2D eigenvalue weighted by Gasteiger charge is -2.03. The molecule has 0 fully saturated rings. The van der Waals surface area contributed by atoms with Crippen molar-refractivity contribution in [3.63, 3.8) is 0 Å². The number of anilines is 1. The van der Waals surface area contributed by atoms with Crippen molar-refractivity contribution in [2.24, 2.45) is 0 Å². The van der Waals surface area contributed by atoms with Crippen LogP contribution in [-0.2, 0) is 4.79 Å². The Hall–Kier alpha value is -1.32. The quantitative estimate of drug-likeness (QED) is 0.724. The SMILES string of the molecule is CC(=O)Nc1ccn(C(C)C)n1. The molecule has 1 heterocycles. The standard InChI is InChI=1S/C8H13N3O/c1-6(2)11-5-4-8(10-11)9-7(3)12/h4-6H,1-3H3,(H,9,10,12). The summed E-state index contributed by atoms with van der Waals surface area (Å²) in [4.78, 5) is 10.6. The van der Waals surface area contributed by atoms with Gasteiger partial charge >= 0.3 is 0 Å². The second kappa shape index (κ2) is 3.38. The van der Waals surface area contributed by atoms with Crippen molar-refractivity contribution in [3.8, 4) is 0 Å². The molecule has 0 aliphatic heterocycles. The summed E-state index contributed by atoms with van der Waals surface area (Å²) >= 11 is 0. The summed E-state index contributed by atoms with van der Waals surface area (Å²) in [6, 6.07) is 2.11. The number of hydrogen-bond donors (Lipinski definition) is 1. The number of aromatic nitrogens is 2. The van der Waals surface area contributed by atoms with Gasteiger partial charge in [0.15, 0.2) is 5.82 Å². The predicted octanol–water partition coefficient (Wildman–Crippen LogP) is 1.42. The minimum absolute atomic E-state index is 0.0935. The fourth-order valence-corrected chi connectivity index (χ4v) is 0.873. The first kappa shape index (κ1) is 8.77. The Balaban J connectivity index is 2.70. The fraction of sp³-hybridized carbons (Fsp3) is 0.500. The third kappa shape index (κ3) is 2.08. The second-order valence-corrected chi connectivity index (χ2v) is 2.96. The second-order valence-electron chi connectivity index (χ2n) is 2.96. The molecule has 0 aromatic carbocycles. The van der Waals surface area contributed by atoms with E-state index in [9.17, 15) is 4.79 Å². The molecule has 1 aromatic heterocycles. The predicted molar refractivity (Wildman–Crippen MR) is 46.9 cm³/mol. The van der Waals surface area contributed by atoms with Crippen LogP contribution in [0.2, 0.25) is 0 Å². The molecule has 1 N–H and O–H groups in total. The van der Waals surface area contributed by atoms with Crippen LogP contribution in [0.3, 0.4) is 0 Å². The summed E-state index contributed by atoms with van der Waals surface area (Å²) in [6.07, 6.45) is 1.84. The van der Waals surface area contributed by atoms with Gasteiger partial charge in [0.2, 0.25) is 5.91 Å². The van der Waals surface area contributed by atoms with Gasteiger partial charge in [0, 0.05) is 25.2 Å². The zero-order chi connectivity index (χ0) is 9.14. The Morgan fingerprint density at radius 3 is 2.75 bits per heavy atom. The van der Waals surface area contributed by atoms with Crippen LogP contribution in [0.1, 0.15) is 26.8 Å². The Morgan fingerprint density at radius 1 is 1.67 bits per heavy atom. The van der Waals surface area contributed by atoms with Gasteiger partial charge in [-0.05, 0) is 13.8 Å². The van der Waals surface area contributed by atoms with Gasteiger partial charge in [-0.2, -0.15) is 5.10 Å². The fourth-order valence-electron chi connectivity index (χ4n) is 0.873. The lowest BCUT2D eigenvalue weighted by atomic mass is 10.4. The van der Waals surface area contributed by atoms with Crippen molar-refractivity contribution in [1.82, 2.24) is 9.78 Å². The van der Waals surface area contributed by atoms with Crippen molar-refractivity contribution in [2.75, 3.05) is 5.32 Å². The molecule has 66 valence electrons. The van der Waals surface area contributed by atoms with Gasteiger partial charge in [0.25, 0.3) is 0 Å². The van der Waals surface area contributed by atoms with Crippen LogP contribution in [0.4, 0.5) is 5.82 Å². The van der Waals surface area contributed by atoms with E-state index in [0.717, 1.165) is 0 Å². The summed E-state index contributed by atoms with van der Waals surface area (Å²) in [7, 11) is 0. The van der Waals surface area contributed by atoms with Crippen LogP contribution < -0.4 is 5.32 Å². The lowest BCUT2D eigenvalue weighted by Crippen LogP contribution is -2.08. The highest BCUT2D eigenvalue weighted by atomic mass is 16.1. The van der Waals surface area contributed by atoms with Gasteiger partial charge in [-0.1, -0.05) is 0 Å². The van der Waals surface area contributed by atoms with E-state index < -0.39 is 0 Å². The molecule has 0 radical (unpaired) electrons. The number of amides is 1. The summed E-state index contributed by atoms with van der Waals surface area (Å²) < 4.78 is 1.80. The van der Waals surface area contributed by atoms with E-state index in [2.05, 4.69) is 10.4 Å². The zero-order valence-corrected chi connectivity index (χ0v) is 7.53. The largest absolute Gasteiger partial charge is 0.309 e. The van der Waals surface area contributed by atoms with Crippen molar-refractivity contribution < 1.29 is 4.79 Å². The molecular formula is C8H13N3O. The molecule has 0 saturated heterocycles. The number of hydrogen-bond acceptors (Lipinski definition) is 2. The molecule has 0 atom stereocenters. The summed E-state index contributed by atoms with van der Waals surface area (Å²) in [6.45, 7) is 5.53. The third-order valence-electron chi connectivity index (χ3n) is 1.44. The van der Waals surface area contributed by atoms with E-state index in [1.165, 1.54) is 6.92 Å². The molecular weight excluding hydrogens is 154 g/mol. The lowest BCUT2D eigenvalue weighted by molar-refractivity contribution is -0.114. The number of carbonyl (C=O) groups excluding carboxylic acids is 1. The maximum absolute atomic E-state index is 10.6. The molecule has 0 saturated carbocycles. The van der Waals surface area contributed by atoms with Crippen LogP contribution >= 0.6 is 0 Å². The molecule has 0 spiro atoms. The monoisotopic (exact) mass is 167 g/mol. The molecule has 1 aromatic rings. The Morgan fingerprint density at radius 2 is 2.33 bits per heavy atom. The van der Waals surface area contributed by atoms with Crippen molar-refractivity contribution in [3.05, 3.63) is 12.3 Å². The number of rotatable bonds is 2. The maximum atomic E-state index is 10.6. The molecule has 4 heteroatoms. The topological polar surface area (TPSA) is 46.9 Å². The van der Waals surface area contributed by atoms with Gasteiger partial charge in [-0.25, -0.2) is 0 Å². The Kier molecular flexibility index (Phi) is 2.47. The Bertz CT molecular complexity index is 278. The highest BCUT2D eigenvalue weighted by molar-refractivity contribution is 5.87. The van der Waals surface area contributed by atoms with Crippen molar-refractivity contribution in [2.45, 2.75) is 26.8 Å². The number of nitrogens with zero attached hydrogens (tertiary/aromatic N) is 2. The van der Waals surface area contributed by atoms with E-state index in [1.807, 2.05) is 20.0 Å². The molecule has 0 unspecified atom stereocenters. The van der Waals surface area contributed by atoms with Crippen LogP contribution in [-0.4, -0.2) is 15.7 Å². The van der Waals surface area contributed by atoms with Gasteiger partial charge < -0.3 is 5.32 Å². The molecule has 0 aliphatic rings. The van der Waals surface area contributed by atoms with Gasteiger partial charge in [-0.3, -0.25) is 9.48 Å². The normalized spacial score (nSPS) is 10.3. The van der Waals surface area contributed by atoms with Gasteiger partial charge in [0.1, 0.15) is 0 Å². The maximum Gasteiger partial charge on any atom is 0.222 e. The molecule has 12 heavy (non-hydrogen) atoms. The van der Waals surface area contributed by atoms with Gasteiger partial charge in [0.05, 0.1) is 0 Å². The molecule has 4 nitrogen and oxygen atoms in total. The van der Waals surface area contributed by atoms with E-state index >= 15 is 0 Å². The van der Waals surface area contributed by atoms with E-state index in [4.69, 9.17) is 0 Å². The first-order chi connectivity index (χ1) is 5.59. The highest BCUT2D eigenvalue weighted by Gasteiger charge is 2.01. The average Bonchev–Trinajstić information content (AvgIpc) is 2.34. The summed E-state index contributed by atoms with van der Waals surface area (Å²) in [5, 5.41) is 6.74. The molecule has 0 aliphatic carbocycles. The van der Waals surface area contributed by atoms with Crippen LogP contribution in [0, 0.1) is 0 Å². The highest BCUT2D eigenvalue weighted by Crippen LogP contribution is 2.07. The Labute approximate surface area is 71.6 Å². The van der Waals surface area contributed by atoms with Crippen LogP contribution in [0.5, 0.6) is 0 Å². The zero-order valence-electron chi connectivity index (χ0n) is 7.53. The summed E-state index contributed by atoms with van der Waals surface area (Å²) in [5.41, 5.74) is 0. The van der Waals surface area contributed by atoms with Crippen molar-refractivity contribution in [1.29, 1.82) is 0 Å². The van der Waals surface area contributed by atoms with Crippen molar-refractivity contribution >= 4 is 11.7 Å². The van der Waals surface area contributed by atoms with E-state index in [-0.39, 0.29) is 5.91 Å². The van der Waals surface area contributed by atoms with Crippen LogP contribution in [0.25, 0.3) is 0 Å².